The van der Waals surface area contributed by atoms with Gasteiger partial charge in [0.25, 0.3) is 5.91 Å². The monoisotopic (exact) mass is 564 g/mol. The highest BCUT2D eigenvalue weighted by atomic mass is 32.2. The van der Waals surface area contributed by atoms with Crippen molar-refractivity contribution in [2.75, 3.05) is 22.4 Å². The standard InChI is InChI=1S/C24H23F3N6O5S/c1-39(36,37)31-15-2-7-19-20(9-15)29-13-30-22(19)38-18-5-3-16(4-6-18)33-21(34)12-32(23(33)35)17-8-14(10-28-11-17)24(25,26)27/h2,7-11,13,16,18,31H,3-6,12H2,1H3/t16-,18-. The van der Waals surface area contributed by atoms with E-state index in [1.54, 1.807) is 18.2 Å². The van der Waals surface area contributed by atoms with E-state index in [0.717, 1.165) is 28.3 Å². The molecule has 1 aromatic carbocycles. The third-order valence-corrected chi connectivity index (χ3v) is 7.16. The van der Waals surface area contributed by atoms with Gasteiger partial charge in [-0.1, -0.05) is 0 Å². The van der Waals surface area contributed by atoms with Crippen LogP contribution < -0.4 is 14.4 Å². The van der Waals surface area contributed by atoms with Gasteiger partial charge in [0, 0.05) is 12.2 Å². The SMILES string of the molecule is CS(=O)(=O)Nc1ccc2c(O[C@H]3CC[C@H](N4C(=O)CN(c5cncc(C(F)(F)F)c5)C4=O)CC3)ncnc2c1. The summed E-state index contributed by atoms with van der Waals surface area (Å²) in [6.45, 7) is -0.360. The van der Waals surface area contributed by atoms with Gasteiger partial charge in [-0.25, -0.2) is 23.2 Å². The second-order valence-electron chi connectivity index (χ2n) is 9.40. The fourth-order valence-corrected chi connectivity index (χ4v) is 5.35. The minimum Gasteiger partial charge on any atom is -0.474 e. The van der Waals surface area contributed by atoms with Crippen LogP contribution in [0, 0.1) is 0 Å². The molecule has 0 atom stereocenters. The molecule has 3 aromatic rings. The largest absolute Gasteiger partial charge is 0.474 e. The van der Waals surface area contributed by atoms with E-state index < -0.39 is 39.7 Å². The van der Waals surface area contributed by atoms with Gasteiger partial charge in [-0.2, -0.15) is 13.2 Å². The summed E-state index contributed by atoms with van der Waals surface area (Å²) < 4.78 is 70.8. The van der Waals surface area contributed by atoms with Crippen LogP contribution in [-0.4, -0.2) is 65.2 Å². The molecule has 1 saturated carbocycles. The summed E-state index contributed by atoms with van der Waals surface area (Å²) in [5, 5.41) is 0.592. The minimum absolute atomic E-state index is 0.0896. The lowest BCUT2D eigenvalue weighted by Crippen LogP contribution is -2.44. The van der Waals surface area contributed by atoms with Gasteiger partial charge in [0.15, 0.2) is 0 Å². The molecule has 15 heteroatoms. The molecule has 0 radical (unpaired) electrons. The molecule has 5 rings (SSSR count). The maximum atomic E-state index is 13.1. The van der Waals surface area contributed by atoms with Gasteiger partial charge in [-0.3, -0.25) is 24.3 Å². The first kappa shape index (κ1) is 26.6. The smallest absolute Gasteiger partial charge is 0.417 e. The third kappa shape index (κ3) is 5.72. The molecule has 3 amide bonds. The van der Waals surface area contributed by atoms with Crippen LogP contribution in [0.25, 0.3) is 10.9 Å². The summed E-state index contributed by atoms with van der Waals surface area (Å²) >= 11 is 0. The fourth-order valence-electron chi connectivity index (χ4n) is 4.79. The third-order valence-electron chi connectivity index (χ3n) is 6.55. The predicted octanol–water partition coefficient (Wildman–Crippen LogP) is 3.57. The topological polar surface area (TPSA) is 135 Å². The van der Waals surface area contributed by atoms with E-state index in [4.69, 9.17) is 4.74 Å². The number of hydrogen-bond donors (Lipinski definition) is 1. The lowest BCUT2D eigenvalue weighted by molar-refractivity contribution is -0.137. The van der Waals surface area contributed by atoms with Crippen molar-refractivity contribution >= 4 is 44.2 Å². The van der Waals surface area contributed by atoms with Crippen molar-refractivity contribution in [3.05, 3.63) is 48.5 Å². The lowest BCUT2D eigenvalue weighted by atomic mass is 9.92. The molecule has 1 N–H and O–H groups in total. The van der Waals surface area contributed by atoms with Crippen LogP contribution in [0.3, 0.4) is 0 Å². The summed E-state index contributed by atoms with van der Waals surface area (Å²) in [4.78, 5) is 39.9. The Kier molecular flexibility index (Phi) is 6.78. The summed E-state index contributed by atoms with van der Waals surface area (Å²) in [6, 6.07) is 4.51. The highest BCUT2D eigenvalue weighted by Gasteiger charge is 2.43. The van der Waals surface area contributed by atoms with E-state index in [-0.39, 0.29) is 18.3 Å². The van der Waals surface area contributed by atoms with Crippen LogP contribution in [0.2, 0.25) is 0 Å². The molecule has 0 spiro atoms. The van der Waals surface area contributed by atoms with Gasteiger partial charge >= 0.3 is 12.2 Å². The van der Waals surface area contributed by atoms with Crippen LogP contribution >= 0.6 is 0 Å². The molecule has 11 nitrogen and oxygen atoms in total. The van der Waals surface area contributed by atoms with Gasteiger partial charge in [0.1, 0.15) is 19.0 Å². The Labute approximate surface area is 221 Å². The highest BCUT2D eigenvalue weighted by Crippen LogP contribution is 2.34. The maximum Gasteiger partial charge on any atom is 0.417 e. The molecular formula is C24H23F3N6O5S. The number of carbonyl (C=O) groups excluding carboxylic acids is 2. The first-order valence-corrected chi connectivity index (χ1v) is 13.8. The minimum atomic E-state index is -4.63. The predicted molar refractivity (Wildman–Crippen MR) is 134 cm³/mol. The van der Waals surface area contributed by atoms with Crippen molar-refractivity contribution in [3.63, 3.8) is 0 Å². The number of anilines is 2. The molecule has 2 fully saturated rings. The number of carbonyl (C=O) groups is 2. The van der Waals surface area contributed by atoms with Crippen LogP contribution in [0.4, 0.5) is 29.3 Å². The van der Waals surface area contributed by atoms with Crippen LogP contribution in [-0.2, 0) is 21.0 Å². The van der Waals surface area contributed by atoms with E-state index >= 15 is 0 Å². The molecule has 206 valence electrons. The van der Waals surface area contributed by atoms with Gasteiger partial charge in [-0.15, -0.1) is 0 Å². The quantitative estimate of drug-likeness (QED) is 0.449. The summed E-state index contributed by atoms with van der Waals surface area (Å²) in [5.41, 5.74) is -0.255. The number of urea groups is 1. The number of benzene rings is 1. The lowest BCUT2D eigenvalue weighted by Gasteiger charge is -2.33. The van der Waals surface area contributed by atoms with Gasteiger partial charge in [-0.05, 0) is 49.9 Å². The van der Waals surface area contributed by atoms with Crippen molar-refractivity contribution in [2.24, 2.45) is 0 Å². The zero-order valence-corrected chi connectivity index (χ0v) is 21.4. The van der Waals surface area contributed by atoms with E-state index in [1.165, 1.54) is 6.33 Å². The second kappa shape index (κ2) is 9.94. The number of hydrogen-bond acceptors (Lipinski definition) is 8. The Morgan fingerprint density at radius 3 is 2.49 bits per heavy atom. The molecule has 1 aliphatic heterocycles. The number of alkyl halides is 3. The number of nitrogens with one attached hydrogen (secondary N) is 1. The summed E-state index contributed by atoms with van der Waals surface area (Å²) in [7, 11) is -3.45. The Hall–Kier alpha value is -4.01. The molecule has 2 aliphatic rings. The second-order valence-corrected chi connectivity index (χ2v) is 11.1. The Morgan fingerprint density at radius 1 is 1.05 bits per heavy atom. The average Bonchev–Trinajstić information content (AvgIpc) is 3.17. The Morgan fingerprint density at radius 2 is 1.79 bits per heavy atom. The Bertz CT molecular complexity index is 1540. The summed E-state index contributed by atoms with van der Waals surface area (Å²) in [5.74, 6) is -0.159. The maximum absolute atomic E-state index is 13.1. The zero-order chi connectivity index (χ0) is 27.9. The molecule has 0 bridgehead atoms. The van der Waals surface area contributed by atoms with E-state index in [2.05, 4.69) is 19.7 Å². The Balaban J connectivity index is 1.24. The number of rotatable bonds is 6. The van der Waals surface area contributed by atoms with Gasteiger partial charge < -0.3 is 4.74 Å². The number of nitrogens with zero attached hydrogens (tertiary/aromatic N) is 5. The molecule has 39 heavy (non-hydrogen) atoms. The van der Waals surface area contributed by atoms with E-state index in [9.17, 15) is 31.2 Å². The highest BCUT2D eigenvalue weighted by molar-refractivity contribution is 7.92. The number of halogens is 3. The van der Waals surface area contributed by atoms with Crippen molar-refractivity contribution < 1.29 is 35.9 Å². The van der Waals surface area contributed by atoms with Crippen molar-refractivity contribution in [3.8, 4) is 5.88 Å². The van der Waals surface area contributed by atoms with Gasteiger partial charge in [0.2, 0.25) is 15.9 Å². The van der Waals surface area contributed by atoms with Crippen molar-refractivity contribution in [1.82, 2.24) is 19.9 Å². The van der Waals surface area contributed by atoms with Crippen LogP contribution in [0.15, 0.2) is 43.0 Å². The number of ether oxygens (including phenoxy) is 1. The first-order chi connectivity index (χ1) is 18.4. The number of amides is 3. The molecular weight excluding hydrogens is 541 g/mol. The van der Waals surface area contributed by atoms with E-state index in [1.807, 2.05) is 0 Å². The normalized spacial score (nSPS) is 20.5. The fraction of sp³-hybridized carbons (Fsp3) is 0.375. The summed E-state index contributed by atoms with van der Waals surface area (Å²) in [6.07, 6.45) is 1.17. The number of pyridine rings is 1. The van der Waals surface area contributed by atoms with Crippen LogP contribution in [0.1, 0.15) is 31.2 Å². The van der Waals surface area contributed by atoms with Crippen molar-refractivity contribution in [2.45, 2.75) is 44.0 Å². The molecule has 0 unspecified atom stereocenters. The average molecular weight is 565 g/mol. The molecule has 1 saturated heterocycles. The number of aromatic nitrogens is 3. The number of fused-ring (bicyclic) bond motifs is 1. The van der Waals surface area contributed by atoms with Crippen molar-refractivity contribution in [1.29, 1.82) is 0 Å². The zero-order valence-electron chi connectivity index (χ0n) is 20.6. The molecule has 2 aromatic heterocycles. The molecule has 1 aliphatic carbocycles. The van der Waals surface area contributed by atoms with E-state index in [0.29, 0.717) is 54.4 Å². The number of imide groups is 1. The first-order valence-electron chi connectivity index (χ1n) is 11.9. The number of sulfonamides is 1. The van der Waals surface area contributed by atoms with Gasteiger partial charge in [0.05, 0.1) is 40.3 Å². The van der Waals surface area contributed by atoms with Crippen LogP contribution in [0.5, 0.6) is 5.88 Å². The molecule has 3 heterocycles.